The fraction of sp³-hybridized carbons (Fsp3) is 0.600. The van der Waals surface area contributed by atoms with E-state index in [0.29, 0.717) is 18.7 Å². The minimum Gasteiger partial charge on any atom is -0.391 e. The molecule has 1 aliphatic heterocycles. The van der Waals surface area contributed by atoms with Crippen LogP contribution >= 0.6 is 0 Å². The highest BCUT2D eigenvalue weighted by atomic mass is 16.3. The monoisotopic (exact) mass is 112 g/mol. The van der Waals surface area contributed by atoms with Gasteiger partial charge < -0.3 is 10.5 Å². The molecule has 2 N–H and O–H groups in total. The number of nitrogens with one attached hydrogen (secondary N) is 1. The molecule has 0 saturated heterocycles. The van der Waals surface area contributed by atoms with E-state index in [1.54, 1.807) is 0 Å². The van der Waals surface area contributed by atoms with E-state index in [9.17, 15) is 0 Å². The predicted octanol–water partition coefficient (Wildman–Crippen LogP) is -0.158. The van der Waals surface area contributed by atoms with Crippen LogP contribution in [-0.2, 0) is 0 Å². The van der Waals surface area contributed by atoms with Crippen LogP contribution < -0.4 is 0 Å². The summed E-state index contributed by atoms with van der Waals surface area (Å²) in [6.07, 6.45) is 1.42. The first-order valence-electron chi connectivity index (χ1n) is 2.55. The molecule has 0 saturated carbocycles. The average Bonchev–Trinajstić information content (AvgIpc) is 2.14. The largest absolute Gasteiger partial charge is 0.391 e. The van der Waals surface area contributed by atoms with Gasteiger partial charge in [-0.15, -0.1) is 0 Å². The summed E-state index contributed by atoms with van der Waals surface area (Å²) in [7, 11) is 0. The summed E-state index contributed by atoms with van der Waals surface area (Å²) >= 11 is 0. The van der Waals surface area contributed by atoms with Gasteiger partial charge in [0.25, 0.3) is 0 Å². The van der Waals surface area contributed by atoms with Crippen LogP contribution in [0.15, 0.2) is 4.99 Å². The molecule has 0 amide bonds. The number of aliphatic imine (C=N–C) groups is 1. The van der Waals surface area contributed by atoms with Gasteiger partial charge in [-0.25, -0.2) is 0 Å². The fourth-order valence-electron chi connectivity index (χ4n) is 0.698. The zero-order valence-corrected chi connectivity index (χ0v) is 4.46. The number of aliphatic hydroxyl groups excluding tert-OH is 1. The second kappa shape index (κ2) is 2.05. The maximum Gasteiger partial charge on any atom is 0.0791 e. The average molecular weight is 112 g/mol. The number of nitrogens with zero attached hydrogens (tertiary/aromatic N) is 1. The maximum absolute atomic E-state index is 8.81. The molecule has 0 unspecified atom stereocenters. The van der Waals surface area contributed by atoms with Crippen LogP contribution in [0.5, 0.6) is 0 Å². The molecule has 1 heterocycles. The molecule has 0 radical (unpaired) electrons. The molecule has 0 aromatic rings. The molecule has 1 aliphatic rings. The molecule has 0 fully saturated rings. The quantitative estimate of drug-likeness (QED) is 0.455. The van der Waals surface area contributed by atoms with E-state index < -0.39 is 0 Å². The lowest BCUT2D eigenvalue weighted by Gasteiger charge is -1.92. The van der Waals surface area contributed by atoms with Crippen LogP contribution in [0, 0.1) is 5.41 Å². The highest BCUT2D eigenvalue weighted by Gasteiger charge is 2.12. The van der Waals surface area contributed by atoms with Gasteiger partial charge in [0.05, 0.1) is 18.4 Å². The lowest BCUT2D eigenvalue weighted by molar-refractivity contribution is 0.200. The van der Waals surface area contributed by atoms with Crippen LogP contribution in [0.3, 0.4) is 0 Å². The summed E-state index contributed by atoms with van der Waals surface area (Å²) in [4.78, 5) is 3.86. The lowest BCUT2D eigenvalue weighted by atomic mass is 10.2. The van der Waals surface area contributed by atoms with Crippen molar-refractivity contribution in [2.75, 3.05) is 6.54 Å². The molecule has 0 aromatic carbocycles. The Morgan fingerprint density at radius 3 is 2.88 bits per heavy atom. The second-order valence-corrected chi connectivity index (χ2v) is 1.83. The first-order valence-corrected chi connectivity index (χ1v) is 2.55. The van der Waals surface area contributed by atoms with Gasteiger partial charge in [-0.05, 0) is 0 Å². The Kier molecular flexibility index (Phi) is 1.39. The van der Waals surface area contributed by atoms with Crippen molar-refractivity contribution in [3.05, 3.63) is 0 Å². The van der Waals surface area contributed by atoms with Crippen molar-refractivity contribution < 1.29 is 5.11 Å². The van der Waals surface area contributed by atoms with E-state index in [-0.39, 0.29) is 6.10 Å². The summed E-state index contributed by atoms with van der Waals surface area (Å²) in [5, 5.41) is 15.5. The van der Waals surface area contributed by atoms with Crippen LogP contribution in [0.2, 0.25) is 0 Å². The molecule has 0 bridgehead atoms. The minimum atomic E-state index is -0.327. The Balaban J connectivity index is 2.49. The van der Waals surface area contributed by atoms with E-state index in [2.05, 4.69) is 4.99 Å². The zero-order chi connectivity index (χ0) is 5.98. The van der Waals surface area contributed by atoms with Crippen molar-refractivity contribution in [2.24, 2.45) is 4.99 Å². The molecule has 1 rings (SSSR count). The summed E-state index contributed by atoms with van der Waals surface area (Å²) in [5.74, 6) is 0. The van der Waals surface area contributed by atoms with Gasteiger partial charge in [-0.2, -0.15) is 0 Å². The molecule has 0 spiro atoms. The maximum atomic E-state index is 8.81. The van der Waals surface area contributed by atoms with Gasteiger partial charge in [0, 0.05) is 12.6 Å². The third kappa shape index (κ3) is 0.924. The molecule has 0 aromatic heterocycles. The Bertz CT molecular complexity index is 130. The first-order chi connectivity index (χ1) is 3.83. The van der Waals surface area contributed by atoms with E-state index >= 15 is 0 Å². The summed E-state index contributed by atoms with van der Waals surface area (Å²) < 4.78 is 0. The van der Waals surface area contributed by atoms with E-state index in [0.717, 1.165) is 0 Å². The van der Waals surface area contributed by atoms with Crippen molar-refractivity contribution in [1.29, 1.82) is 5.41 Å². The Hall–Kier alpha value is -0.700. The number of aliphatic hydroxyl groups is 1. The van der Waals surface area contributed by atoms with Crippen LogP contribution in [0.1, 0.15) is 6.42 Å². The minimum absolute atomic E-state index is 0.327. The molecule has 8 heavy (non-hydrogen) atoms. The predicted molar refractivity (Wildman–Crippen MR) is 31.7 cm³/mol. The highest BCUT2D eigenvalue weighted by Crippen LogP contribution is 2.02. The van der Waals surface area contributed by atoms with Crippen molar-refractivity contribution >= 4 is 11.9 Å². The second-order valence-electron chi connectivity index (χ2n) is 1.83. The molecule has 3 heteroatoms. The number of hydrogen-bond acceptors (Lipinski definition) is 3. The molecule has 1 atom stereocenters. The van der Waals surface area contributed by atoms with Crippen molar-refractivity contribution in [2.45, 2.75) is 12.5 Å². The van der Waals surface area contributed by atoms with Gasteiger partial charge in [0.1, 0.15) is 0 Å². The molecular formula is C5H8N2O. The standard InChI is InChI=1S/C5H8N2O/c6-2-4-1-5(8)3-7-4/h2,5-6,8H,1,3H2/t5-/m1/s1. The van der Waals surface area contributed by atoms with E-state index in [1.165, 1.54) is 6.21 Å². The molecule has 3 nitrogen and oxygen atoms in total. The van der Waals surface area contributed by atoms with E-state index in [1.807, 2.05) is 0 Å². The summed E-state index contributed by atoms with van der Waals surface area (Å²) in [6, 6.07) is 0. The van der Waals surface area contributed by atoms with Gasteiger partial charge >= 0.3 is 0 Å². The number of rotatable bonds is 1. The summed E-state index contributed by atoms with van der Waals surface area (Å²) in [6.45, 7) is 0.477. The van der Waals surface area contributed by atoms with Gasteiger partial charge in [-0.3, -0.25) is 4.99 Å². The number of hydrogen-bond donors (Lipinski definition) is 2. The van der Waals surface area contributed by atoms with Crippen molar-refractivity contribution in [3.8, 4) is 0 Å². The first kappa shape index (κ1) is 5.44. The fourth-order valence-corrected chi connectivity index (χ4v) is 0.698. The zero-order valence-electron chi connectivity index (χ0n) is 4.46. The Morgan fingerprint density at radius 2 is 2.62 bits per heavy atom. The Labute approximate surface area is 47.6 Å². The van der Waals surface area contributed by atoms with E-state index in [4.69, 9.17) is 10.5 Å². The molecule has 0 aliphatic carbocycles. The SMILES string of the molecule is N=CC1=NC[C@H](O)C1. The topological polar surface area (TPSA) is 56.4 Å². The van der Waals surface area contributed by atoms with Gasteiger partial charge in [-0.1, -0.05) is 0 Å². The smallest absolute Gasteiger partial charge is 0.0791 e. The van der Waals surface area contributed by atoms with Gasteiger partial charge in [0.15, 0.2) is 0 Å². The van der Waals surface area contributed by atoms with Crippen molar-refractivity contribution in [1.82, 2.24) is 0 Å². The summed E-state index contributed by atoms with van der Waals surface area (Å²) in [5.41, 5.74) is 0.706. The normalized spacial score (nSPS) is 27.6. The molecule has 44 valence electrons. The van der Waals surface area contributed by atoms with Crippen LogP contribution in [-0.4, -0.2) is 29.7 Å². The van der Waals surface area contributed by atoms with Crippen molar-refractivity contribution in [3.63, 3.8) is 0 Å². The van der Waals surface area contributed by atoms with Crippen LogP contribution in [0.4, 0.5) is 0 Å². The molecular weight excluding hydrogens is 104 g/mol. The third-order valence-corrected chi connectivity index (χ3v) is 1.12. The van der Waals surface area contributed by atoms with Crippen LogP contribution in [0.25, 0.3) is 0 Å². The van der Waals surface area contributed by atoms with Gasteiger partial charge in [0.2, 0.25) is 0 Å². The Morgan fingerprint density at radius 1 is 1.88 bits per heavy atom. The third-order valence-electron chi connectivity index (χ3n) is 1.12. The lowest BCUT2D eigenvalue weighted by Crippen LogP contribution is -2.06. The highest BCUT2D eigenvalue weighted by molar-refractivity contribution is 6.30.